The van der Waals surface area contributed by atoms with E-state index in [2.05, 4.69) is 54.1 Å². The van der Waals surface area contributed by atoms with Crippen LogP contribution in [0.2, 0.25) is 0 Å². The predicted octanol–water partition coefficient (Wildman–Crippen LogP) is 2.10. The number of fused-ring (bicyclic) bond motifs is 1. The molecule has 0 amide bonds. The number of aromatic amines is 1. The van der Waals surface area contributed by atoms with Gasteiger partial charge in [-0.2, -0.15) is 9.50 Å². The maximum absolute atomic E-state index is 12.2. The number of halogens is 1. The summed E-state index contributed by atoms with van der Waals surface area (Å²) >= 11 is 3.54. The van der Waals surface area contributed by atoms with Crippen LogP contribution in [-0.4, -0.2) is 31.0 Å². The van der Waals surface area contributed by atoms with Gasteiger partial charge in [0.1, 0.15) is 0 Å². The van der Waals surface area contributed by atoms with Crippen molar-refractivity contribution in [3.8, 4) is 0 Å². The van der Waals surface area contributed by atoms with Gasteiger partial charge in [0.2, 0.25) is 5.95 Å². The first-order valence-electron chi connectivity index (χ1n) is 7.84. The van der Waals surface area contributed by atoms with Crippen molar-refractivity contribution < 1.29 is 0 Å². The van der Waals surface area contributed by atoms with Gasteiger partial charge >= 0.3 is 0 Å². The van der Waals surface area contributed by atoms with E-state index in [0.717, 1.165) is 23.9 Å². The van der Waals surface area contributed by atoms with Gasteiger partial charge < -0.3 is 5.73 Å². The molecular weight excluding hydrogens is 372 g/mol. The third kappa shape index (κ3) is 2.83. The highest BCUT2D eigenvalue weighted by atomic mass is 79.9. The van der Waals surface area contributed by atoms with Crippen molar-refractivity contribution >= 4 is 27.7 Å². The molecule has 0 aliphatic carbocycles. The van der Waals surface area contributed by atoms with Crippen molar-refractivity contribution in [2.45, 2.75) is 25.4 Å². The molecule has 2 aromatic heterocycles. The molecule has 1 atom stereocenters. The average molecular weight is 389 g/mol. The maximum Gasteiger partial charge on any atom is 0.274 e. The number of nitrogens with zero attached hydrogens (tertiary/aromatic N) is 4. The van der Waals surface area contributed by atoms with Gasteiger partial charge in [0.15, 0.2) is 0 Å². The summed E-state index contributed by atoms with van der Waals surface area (Å²) in [6.45, 7) is 1.61. The topological polar surface area (TPSA) is 92.3 Å². The summed E-state index contributed by atoms with van der Waals surface area (Å²) in [4.78, 5) is 23.0. The highest BCUT2D eigenvalue weighted by molar-refractivity contribution is 9.10. The van der Waals surface area contributed by atoms with E-state index in [1.165, 1.54) is 10.1 Å². The number of hydrogen-bond acceptors (Lipinski definition) is 5. The lowest BCUT2D eigenvalue weighted by Gasteiger charge is -2.24. The lowest BCUT2D eigenvalue weighted by Crippen LogP contribution is -2.25. The van der Waals surface area contributed by atoms with Crippen molar-refractivity contribution in [2.24, 2.45) is 0 Å². The van der Waals surface area contributed by atoms with Crippen molar-refractivity contribution in [3.63, 3.8) is 0 Å². The first-order valence-corrected chi connectivity index (χ1v) is 8.63. The normalized spacial score (nSPS) is 18.5. The summed E-state index contributed by atoms with van der Waals surface area (Å²) in [5.74, 6) is 0.498. The van der Waals surface area contributed by atoms with E-state index in [0.29, 0.717) is 24.1 Å². The molecule has 7 nitrogen and oxygen atoms in total. The number of aromatic nitrogens is 4. The van der Waals surface area contributed by atoms with Crippen LogP contribution in [0.4, 0.5) is 5.95 Å². The number of likely N-dealkylation sites (tertiary alicyclic amines) is 1. The van der Waals surface area contributed by atoms with E-state index in [1.807, 2.05) is 6.07 Å². The Labute approximate surface area is 146 Å². The minimum Gasteiger partial charge on any atom is -0.368 e. The quantitative estimate of drug-likeness (QED) is 0.716. The molecule has 0 saturated carbocycles. The van der Waals surface area contributed by atoms with Gasteiger partial charge in [0.05, 0.1) is 5.69 Å². The molecular formula is C16H17BrN6O. The smallest absolute Gasteiger partial charge is 0.274 e. The molecule has 1 saturated heterocycles. The molecule has 4 rings (SSSR count). The zero-order valence-corrected chi connectivity index (χ0v) is 14.5. The third-order valence-electron chi connectivity index (χ3n) is 4.36. The molecule has 1 fully saturated rings. The van der Waals surface area contributed by atoms with Crippen LogP contribution in [-0.2, 0) is 6.54 Å². The zero-order valence-electron chi connectivity index (χ0n) is 12.9. The lowest BCUT2D eigenvalue weighted by atomic mass is 10.0. The second-order valence-corrected chi connectivity index (χ2v) is 6.93. The molecule has 1 aliphatic heterocycles. The van der Waals surface area contributed by atoms with Gasteiger partial charge in [-0.3, -0.25) is 14.8 Å². The predicted molar refractivity (Wildman–Crippen MR) is 94.5 cm³/mol. The Bertz CT molecular complexity index is 949. The van der Waals surface area contributed by atoms with Gasteiger partial charge in [-0.15, -0.1) is 0 Å². The second kappa shape index (κ2) is 6.03. The van der Waals surface area contributed by atoms with Gasteiger partial charge in [-0.1, -0.05) is 28.1 Å². The minimum absolute atomic E-state index is 0.185. The number of H-pyrrole nitrogens is 1. The van der Waals surface area contributed by atoms with Crippen LogP contribution in [0.15, 0.2) is 39.6 Å². The van der Waals surface area contributed by atoms with Crippen LogP contribution in [0.5, 0.6) is 0 Å². The van der Waals surface area contributed by atoms with Crippen LogP contribution >= 0.6 is 15.9 Å². The van der Waals surface area contributed by atoms with Crippen molar-refractivity contribution in [1.82, 2.24) is 24.5 Å². The Hall–Kier alpha value is -2.19. The SMILES string of the molecule is Nc1nc2nc(CN3CCCC3c3cccc(Br)c3)cc(=O)n2[nH]1. The van der Waals surface area contributed by atoms with E-state index < -0.39 is 0 Å². The largest absolute Gasteiger partial charge is 0.368 e. The molecule has 1 aromatic carbocycles. The Morgan fingerprint density at radius 2 is 2.21 bits per heavy atom. The summed E-state index contributed by atoms with van der Waals surface area (Å²) in [7, 11) is 0. The third-order valence-corrected chi connectivity index (χ3v) is 4.86. The fourth-order valence-corrected chi connectivity index (χ4v) is 3.76. The van der Waals surface area contributed by atoms with Crippen molar-refractivity contribution in [3.05, 3.63) is 56.4 Å². The molecule has 8 heteroatoms. The van der Waals surface area contributed by atoms with E-state index in [9.17, 15) is 4.79 Å². The van der Waals surface area contributed by atoms with Gasteiger partial charge in [-0.25, -0.2) is 4.98 Å². The average Bonchev–Trinajstić information content (AvgIpc) is 3.13. The standard InChI is InChI=1S/C16H17BrN6O/c17-11-4-1-3-10(7-11)13-5-2-6-22(13)9-12-8-14(24)23-16(19-12)20-15(18)21-23/h1,3-4,7-8,13H,2,5-6,9H2,(H3,18,19,20,21). The second-order valence-electron chi connectivity index (χ2n) is 6.01. The zero-order chi connectivity index (χ0) is 16.7. The van der Waals surface area contributed by atoms with Crippen LogP contribution in [0, 0.1) is 0 Å². The number of anilines is 1. The fraction of sp³-hybridized carbons (Fsp3) is 0.312. The van der Waals surface area contributed by atoms with Crippen molar-refractivity contribution in [2.75, 3.05) is 12.3 Å². The molecule has 3 aromatic rings. The van der Waals surface area contributed by atoms with Crippen LogP contribution < -0.4 is 11.3 Å². The summed E-state index contributed by atoms with van der Waals surface area (Å²) in [6.07, 6.45) is 2.24. The number of nitrogens with two attached hydrogens (primary N) is 1. The Kier molecular flexibility index (Phi) is 3.85. The van der Waals surface area contributed by atoms with E-state index in [-0.39, 0.29) is 11.5 Å². The minimum atomic E-state index is -0.197. The van der Waals surface area contributed by atoms with Crippen molar-refractivity contribution in [1.29, 1.82) is 0 Å². The Balaban J connectivity index is 1.63. The Morgan fingerprint density at radius 3 is 3.04 bits per heavy atom. The number of hydrogen-bond donors (Lipinski definition) is 2. The van der Waals surface area contributed by atoms with Gasteiger partial charge in [0, 0.05) is 23.1 Å². The van der Waals surface area contributed by atoms with Gasteiger partial charge in [-0.05, 0) is 37.1 Å². The molecule has 3 N–H and O–H groups in total. The number of nitrogens with one attached hydrogen (secondary N) is 1. The number of rotatable bonds is 3. The highest BCUT2D eigenvalue weighted by Gasteiger charge is 2.26. The molecule has 1 unspecified atom stereocenters. The highest BCUT2D eigenvalue weighted by Crippen LogP contribution is 2.33. The molecule has 0 radical (unpaired) electrons. The van der Waals surface area contributed by atoms with Crippen LogP contribution in [0.3, 0.4) is 0 Å². The summed E-state index contributed by atoms with van der Waals surface area (Å²) in [5, 5.41) is 2.68. The molecule has 1 aliphatic rings. The number of nitrogen functional groups attached to an aromatic ring is 1. The molecule has 24 heavy (non-hydrogen) atoms. The molecule has 0 bridgehead atoms. The monoisotopic (exact) mass is 388 g/mol. The van der Waals surface area contributed by atoms with E-state index >= 15 is 0 Å². The molecule has 3 heterocycles. The summed E-state index contributed by atoms with van der Waals surface area (Å²) in [6, 6.07) is 10.3. The molecule has 124 valence electrons. The van der Waals surface area contributed by atoms with E-state index in [1.54, 1.807) is 6.07 Å². The first-order chi connectivity index (χ1) is 11.6. The molecule has 0 spiro atoms. The fourth-order valence-electron chi connectivity index (χ4n) is 3.34. The number of benzene rings is 1. The summed E-state index contributed by atoms with van der Waals surface area (Å²) < 4.78 is 2.34. The van der Waals surface area contributed by atoms with E-state index in [4.69, 9.17) is 5.73 Å². The van der Waals surface area contributed by atoms with Crippen LogP contribution in [0.1, 0.15) is 30.1 Å². The lowest BCUT2D eigenvalue weighted by molar-refractivity contribution is 0.245. The maximum atomic E-state index is 12.2. The van der Waals surface area contributed by atoms with Gasteiger partial charge in [0.25, 0.3) is 11.3 Å². The summed E-state index contributed by atoms with van der Waals surface area (Å²) in [5.41, 5.74) is 7.40. The Morgan fingerprint density at radius 1 is 1.33 bits per heavy atom. The van der Waals surface area contributed by atoms with Crippen LogP contribution in [0.25, 0.3) is 5.78 Å². The first kappa shape index (κ1) is 15.3.